The number of benzene rings is 1. The predicted molar refractivity (Wildman–Crippen MR) is 109 cm³/mol. The fraction of sp³-hybridized carbons (Fsp3) is 0.609. The number of hydrogen-bond acceptors (Lipinski definition) is 8. The summed E-state index contributed by atoms with van der Waals surface area (Å²) in [4.78, 5) is 12.8. The van der Waals surface area contributed by atoms with Gasteiger partial charge in [-0.1, -0.05) is 20.8 Å². The molecular weight excluding hydrogens is 404 g/mol. The van der Waals surface area contributed by atoms with Gasteiger partial charge in [0, 0.05) is 17.4 Å². The molecule has 2 fully saturated rings. The molecular formula is C23H30O8. The molecule has 0 amide bonds. The largest absolute Gasteiger partial charge is 0.508 e. The van der Waals surface area contributed by atoms with Crippen molar-refractivity contribution in [1.29, 1.82) is 0 Å². The minimum atomic E-state index is -1.78. The average molecular weight is 434 g/mol. The number of carbonyl (C=O) groups excluding carboxylic acids is 1. The van der Waals surface area contributed by atoms with Crippen molar-refractivity contribution in [2.75, 3.05) is 6.61 Å². The Morgan fingerprint density at radius 2 is 1.84 bits per heavy atom. The van der Waals surface area contributed by atoms with Crippen molar-refractivity contribution >= 4 is 5.97 Å². The van der Waals surface area contributed by atoms with E-state index in [1.165, 1.54) is 19.1 Å². The zero-order chi connectivity index (χ0) is 23.1. The van der Waals surface area contributed by atoms with Crippen molar-refractivity contribution in [2.24, 2.45) is 16.7 Å². The molecule has 6 N–H and O–H groups in total. The first-order valence-corrected chi connectivity index (χ1v) is 10.4. The number of phenolic OH excluding ortho intramolecular Hbond substituents is 2. The first-order chi connectivity index (χ1) is 14.2. The lowest BCUT2D eigenvalue weighted by Crippen LogP contribution is -2.76. The maximum absolute atomic E-state index is 12.8. The molecule has 6 atom stereocenters. The van der Waals surface area contributed by atoms with Crippen LogP contribution in [0.1, 0.15) is 49.5 Å². The van der Waals surface area contributed by atoms with Crippen LogP contribution in [0.2, 0.25) is 0 Å². The van der Waals surface area contributed by atoms with Crippen molar-refractivity contribution in [3.8, 4) is 11.5 Å². The molecule has 3 aliphatic carbocycles. The molecule has 170 valence electrons. The van der Waals surface area contributed by atoms with Crippen LogP contribution in [-0.4, -0.2) is 66.6 Å². The number of aryl methyl sites for hydroxylation is 1. The van der Waals surface area contributed by atoms with Crippen LogP contribution in [0.4, 0.5) is 0 Å². The monoisotopic (exact) mass is 434 g/mol. The quantitative estimate of drug-likeness (QED) is 0.307. The second-order valence-electron chi connectivity index (χ2n) is 10.3. The molecule has 8 nitrogen and oxygen atoms in total. The lowest BCUT2D eigenvalue weighted by atomic mass is 9.43. The van der Waals surface area contributed by atoms with Gasteiger partial charge in [0.1, 0.15) is 28.8 Å². The summed E-state index contributed by atoms with van der Waals surface area (Å²) in [7, 11) is 0. The molecule has 0 bridgehead atoms. The topological polar surface area (TPSA) is 148 Å². The highest BCUT2D eigenvalue weighted by Crippen LogP contribution is 2.69. The van der Waals surface area contributed by atoms with Gasteiger partial charge in [-0.25, -0.2) is 4.79 Å². The Hall–Kier alpha value is -2.13. The van der Waals surface area contributed by atoms with Gasteiger partial charge in [0.15, 0.2) is 0 Å². The number of rotatable bonds is 3. The fourth-order valence-electron chi connectivity index (χ4n) is 6.48. The van der Waals surface area contributed by atoms with Gasteiger partial charge in [-0.2, -0.15) is 0 Å². The van der Waals surface area contributed by atoms with Crippen LogP contribution in [-0.2, 0) is 4.74 Å². The molecule has 1 aromatic carbocycles. The SMILES string of the molecule is Cc1cc(O)cc(O)c1C(=O)O[C@@H]1C[C@]2(C)[C@H]3[C@@H](O)C(C)(C)C[C@]3(O)C=C(CO)C12O. The summed E-state index contributed by atoms with van der Waals surface area (Å²) in [5.74, 6) is -2.23. The lowest BCUT2D eigenvalue weighted by Gasteiger charge is -2.66. The molecule has 3 aliphatic rings. The second kappa shape index (κ2) is 6.45. The predicted octanol–water partition coefficient (Wildman–Crippen LogP) is 1.14. The molecule has 4 rings (SSSR count). The average Bonchev–Trinajstić information content (AvgIpc) is 2.81. The molecule has 0 heterocycles. The van der Waals surface area contributed by atoms with Crippen LogP contribution >= 0.6 is 0 Å². The molecule has 0 spiro atoms. The molecule has 2 saturated carbocycles. The number of ether oxygens (including phenoxy) is 1. The lowest BCUT2D eigenvalue weighted by molar-refractivity contribution is -0.276. The van der Waals surface area contributed by atoms with Crippen LogP contribution in [0.25, 0.3) is 0 Å². The molecule has 0 saturated heterocycles. The van der Waals surface area contributed by atoms with E-state index in [1.807, 2.05) is 13.8 Å². The van der Waals surface area contributed by atoms with Crippen molar-refractivity contribution in [3.05, 3.63) is 34.9 Å². The van der Waals surface area contributed by atoms with Crippen molar-refractivity contribution in [3.63, 3.8) is 0 Å². The number of esters is 1. The molecule has 1 unspecified atom stereocenters. The molecule has 0 aromatic heterocycles. The summed E-state index contributed by atoms with van der Waals surface area (Å²) in [5.41, 5.74) is -4.51. The third kappa shape index (κ3) is 2.72. The summed E-state index contributed by atoms with van der Waals surface area (Å²) < 4.78 is 5.57. The zero-order valence-electron chi connectivity index (χ0n) is 18.1. The van der Waals surface area contributed by atoms with Crippen LogP contribution in [0.3, 0.4) is 0 Å². The first-order valence-electron chi connectivity index (χ1n) is 10.4. The Kier molecular flexibility index (Phi) is 4.59. The number of phenols is 2. The molecule has 1 aromatic rings. The normalized spacial score (nSPS) is 40.4. The maximum Gasteiger partial charge on any atom is 0.342 e. The van der Waals surface area contributed by atoms with E-state index in [0.29, 0.717) is 5.56 Å². The van der Waals surface area contributed by atoms with E-state index in [2.05, 4.69) is 0 Å². The van der Waals surface area contributed by atoms with Crippen molar-refractivity contribution in [2.45, 2.75) is 63.9 Å². The van der Waals surface area contributed by atoms with Gasteiger partial charge in [-0.15, -0.1) is 0 Å². The van der Waals surface area contributed by atoms with Gasteiger partial charge in [-0.05, 0) is 48.5 Å². The Morgan fingerprint density at radius 1 is 1.19 bits per heavy atom. The molecule has 0 aliphatic heterocycles. The van der Waals surface area contributed by atoms with E-state index in [1.54, 1.807) is 6.92 Å². The first kappa shape index (κ1) is 22.1. The summed E-state index contributed by atoms with van der Waals surface area (Å²) in [5, 5.41) is 63.7. The van der Waals surface area contributed by atoms with Crippen LogP contribution in [0, 0.1) is 23.7 Å². The smallest absolute Gasteiger partial charge is 0.342 e. The van der Waals surface area contributed by atoms with Gasteiger partial charge in [0.2, 0.25) is 0 Å². The number of aliphatic hydroxyl groups is 4. The van der Waals surface area contributed by atoms with Crippen LogP contribution in [0.15, 0.2) is 23.8 Å². The van der Waals surface area contributed by atoms with Gasteiger partial charge >= 0.3 is 5.97 Å². The number of hydrogen-bond donors (Lipinski definition) is 6. The Balaban J connectivity index is 1.71. The molecule has 31 heavy (non-hydrogen) atoms. The number of carbonyl (C=O) groups is 1. The van der Waals surface area contributed by atoms with Crippen LogP contribution < -0.4 is 0 Å². The number of aliphatic hydroxyl groups excluding tert-OH is 2. The van der Waals surface area contributed by atoms with Crippen LogP contribution in [0.5, 0.6) is 11.5 Å². The van der Waals surface area contributed by atoms with E-state index in [4.69, 9.17) is 4.74 Å². The zero-order valence-corrected chi connectivity index (χ0v) is 18.1. The summed E-state index contributed by atoms with van der Waals surface area (Å²) in [6.45, 7) is 6.40. The highest BCUT2D eigenvalue weighted by Gasteiger charge is 2.77. The standard InChI is InChI=1S/C23H30O8/c1-11-5-13(25)6-14(26)16(11)19(28)31-15-8-21(4)17-18(27)20(2,3)10-22(17,29)7-12(9-24)23(15,21)30/h5-7,15,17-18,24-27,29-30H,8-10H2,1-4H3/t15-,17-,18-,21-,22-,23?/m1/s1. The summed E-state index contributed by atoms with van der Waals surface area (Å²) in [6, 6.07) is 2.34. The van der Waals surface area contributed by atoms with E-state index in [9.17, 15) is 35.4 Å². The van der Waals surface area contributed by atoms with Crippen molar-refractivity contribution in [1.82, 2.24) is 0 Å². The molecule has 8 heteroatoms. The molecule has 0 radical (unpaired) electrons. The summed E-state index contributed by atoms with van der Waals surface area (Å²) >= 11 is 0. The summed E-state index contributed by atoms with van der Waals surface area (Å²) in [6.07, 6.45) is -0.112. The van der Waals surface area contributed by atoms with Gasteiger partial charge in [0.25, 0.3) is 0 Å². The Labute approximate surface area is 180 Å². The number of aromatic hydroxyl groups is 2. The maximum atomic E-state index is 12.8. The van der Waals surface area contributed by atoms with Gasteiger partial charge in [-0.3, -0.25) is 0 Å². The van der Waals surface area contributed by atoms with E-state index < -0.39 is 58.5 Å². The third-order valence-corrected chi connectivity index (χ3v) is 7.86. The highest BCUT2D eigenvalue weighted by molar-refractivity contribution is 5.94. The minimum absolute atomic E-state index is 0.126. The highest BCUT2D eigenvalue weighted by atomic mass is 16.6. The van der Waals surface area contributed by atoms with E-state index >= 15 is 0 Å². The Morgan fingerprint density at radius 3 is 2.42 bits per heavy atom. The van der Waals surface area contributed by atoms with E-state index in [0.717, 1.165) is 6.07 Å². The number of fused-ring (bicyclic) bond motifs is 3. The second-order valence-corrected chi connectivity index (χ2v) is 10.3. The van der Waals surface area contributed by atoms with Gasteiger partial charge in [0.05, 0.1) is 18.3 Å². The minimum Gasteiger partial charge on any atom is -0.508 e. The van der Waals surface area contributed by atoms with Crippen molar-refractivity contribution < 1.29 is 40.2 Å². The third-order valence-electron chi connectivity index (χ3n) is 7.86. The Bertz CT molecular complexity index is 961. The van der Waals surface area contributed by atoms with E-state index in [-0.39, 0.29) is 29.7 Å². The fourth-order valence-corrected chi connectivity index (χ4v) is 6.48. The van der Waals surface area contributed by atoms with Gasteiger partial charge < -0.3 is 35.4 Å².